The van der Waals surface area contributed by atoms with E-state index in [1.165, 1.54) is 11.3 Å². The summed E-state index contributed by atoms with van der Waals surface area (Å²) in [6, 6.07) is 10.9. The molecule has 2 amide bonds. The molecule has 172 valence electrons. The molecule has 0 N–H and O–H groups in total. The number of rotatable bonds is 5. The summed E-state index contributed by atoms with van der Waals surface area (Å²) in [6.07, 6.45) is 3.66. The van der Waals surface area contributed by atoms with Crippen molar-refractivity contribution < 1.29 is 9.59 Å². The van der Waals surface area contributed by atoms with Gasteiger partial charge >= 0.3 is 0 Å². The van der Waals surface area contributed by atoms with Crippen LogP contribution in [0, 0.1) is 0 Å². The van der Waals surface area contributed by atoms with E-state index in [0.717, 1.165) is 37.2 Å². The smallest absolute Gasteiger partial charge is 0.258 e. The molecule has 2 aliphatic heterocycles. The Bertz CT molecular complexity index is 1200. The zero-order valence-corrected chi connectivity index (χ0v) is 19.2. The van der Waals surface area contributed by atoms with Gasteiger partial charge in [0.15, 0.2) is 4.96 Å². The lowest BCUT2D eigenvalue weighted by molar-refractivity contribution is -0.144. The van der Waals surface area contributed by atoms with E-state index in [9.17, 15) is 14.4 Å². The van der Waals surface area contributed by atoms with Crippen LogP contribution in [0.15, 0.2) is 52.8 Å². The summed E-state index contributed by atoms with van der Waals surface area (Å²) in [5.74, 6) is 0.0851. The Hall–Kier alpha value is -3.04. The second-order valence-electron chi connectivity index (χ2n) is 8.65. The van der Waals surface area contributed by atoms with E-state index in [0.29, 0.717) is 37.6 Å². The number of carbonyl (C=O) groups excluding carboxylic acids is 2. The molecule has 2 aromatic heterocycles. The van der Waals surface area contributed by atoms with E-state index >= 15 is 0 Å². The van der Waals surface area contributed by atoms with Crippen LogP contribution in [0.5, 0.6) is 0 Å². The van der Waals surface area contributed by atoms with Gasteiger partial charge in [0.2, 0.25) is 11.8 Å². The van der Waals surface area contributed by atoms with Gasteiger partial charge in [-0.3, -0.25) is 23.7 Å². The predicted octanol–water partition coefficient (Wildman–Crippen LogP) is 1.63. The van der Waals surface area contributed by atoms with Crippen molar-refractivity contribution in [3.05, 3.63) is 69.6 Å². The Labute approximate surface area is 196 Å². The standard InChI is InChI=1S/C24H27N5O3S/c30-21(15-18-5-2-1-3-6-18)28-8-4-7-20(28)23(32)27-11-9-26(10-12-27)17-19-16-22(31)29-13-14-33-24(29)25-19/h1-3,5-6,13-14,16,20H,4,7-12,15,17H2. The third kappa shape index (κ3) is 4.69. The van der Waals surface area contributed by atoms with Gasteiger partial charge in [-0.05, 0) is 18.4 Å². The SMILES string of the molecule is O=C(C1CCCN1C(=O)Cc1ccccc1)N1CCN(Cc2cc(=O)n3ccsc3n2)CC1. The van der Waals surface area contributed by atoms with Crippen LogP contribution in [0.25, 0.3) is 4.96 Å². The van der Waals surface area contributed by atoms with E-state index in [1.807, 2.05) is 40.6 Å². The minimum Gasteiger partial charge on any atom is -0.338 e. The average Bonchev–Trinajstić information content (AvgIpc) is 3.50. The largest absolute Gasteiger partial charge is 0.338 e. The van der Waals surface area contributed by atoms with Gasteiger partial charge in [0.05, 0.1) is 12.1 Å². The first kappa shape index (κ1) is 21.8. The van der Waals surface area contributed by atoms with Gasteiger partial charge in [-0.25, -0.2) is 4.98 Å². The molecule has 2 aliphatic rings. The molecular formula is C24H27N5O3S. The number of hydrogen-bond donors (Lipinski definition) is 0. The first-order chi connectivity index (χ1) is 16.1. The highest BCUT2D eigenvalue weighted by molar-refractivity contribution is 7.15. The minimum absolute atomic E-state index is 0.0250. The zero-order chi connectivity index (χ0) is 22.8. The van der Waals surface area contributed by atoms with Gasteiger partial charge in [-0.1, -0.05) is 30.3 Å². The lowest BCUT2D eigenvalue weighted by Gasteiger charge is -2.37. The number of benzene rings is 1. The maximum absolute atomic E-state index is 13.3. The molecule has 0 radical (unpaired) electrons. The molecule has 1 unspecified atom stereocenters. The second-order valence-corrected chi connectivity index (χ2v) is 9.52. The van der Waals surface area contributed by atoms with E-state index in [1.54, 1.807) is 21.6 Å². The molecule has 3 aromatic rings. The predicted molar refractivity (Wildman–Crippen MR) is 126 cm³/mol. The molecule has 4 heterocycles. The van der Waals surface area contributed by atoms with Crippen LogP contribution in [-0.2, 0) is 22.6 Å². The maximum Gasteiger partial charge on any atom is 0.258 e. The lowest BCUT2D eigenvalue weighted by atomic mass is 10.1. The third-order valence-corrected chi connectivity index (χ3v) is 7.24. The van der Waals surface area contributed by atoms with Crippen LogP contribution < -0.4 is 5.56 Å². The molecule has 0 bridgehead atoms. The Balaban J connectivity index is 1.17. The van der Waals surface area contributed by atoms with E-state index in [2.05, 4.69) is 9.88 Å². The Morgan fingerprint density at radius 3 is 2.64 bits per heavy atom. The fourth-order valence-electron chi connectivity index (χ4n) is 4.73. The van der Waals surface area contributed by atoms with Gasteiger partial charge in [0.1, 0.15) is 6.04 Å². The Morgan fingerprint density at radius 2 is 1.85 bits per heavy atom. The molecule has 1 aromatic carbocycles. The molecule has 5 rings (SSSR count). The summed E-state index contributed by atoms with van der Waals surface area (Å²) < 4.78 is 1.55. The first-order valence-corrected chi connectivity index (χ1v) is 12.3. The summed E-state index contributed by atoms with van der Waals surface area (Å²) >= 11 is 1.45. The summed E-state index contributed by atoms with van der Waals surface area (Å²) in [5, 5.41) is 1.86. The summed E-state index contributed by atoms with van der Waals surface area (Å²) in [5.41, 5.74) is 1.67. The van der Waals surface area contributed by atoms with Crippen molar-refractivity contribution in [2.75, 3.05) is 32.7 Å². The van der Waals surface area contributed by atoms with Crippen LogP contribution >= 0.6 is 11.3 Å². The number of amides is 2. The normalized spacial score (nSPS) is 19.3. The molecule has 2 saturated heterocycles. The number of aromatic nitrogens is 2. The molecule has 33 heavy (non-hydrogen) atoms. The summed E-state index contributed by atoms with van der Waals surface area (Å²) in [7, 11) is 0. The first-order valence-electron chi connectivity index (χ1n) is 11.4. The molecule has 8 nitrogen and oxygen atoms in total. The lowest BCUT2D eigenvalue weighted by Crippen LogP contribution is -2.54. The van der Waals surface area contributed by atoms with Crippen LogP contribution in [-0.4, -0.2) is 74.7 Å². The molecule has 0 spiro atoms. The van der Waals surface area contributed by atoms with Crippen LogP contribution in [0.4, 0.5) is 0 Å². The highest BCUT2D eigenvalue weighted by Crippen LogP contribution is 2.22. The summed E-state index contributed by atoms with van der Waals surface area (Å²) in [6.45, 7) is 3.93. The number of carbonyl (C=O) groups is 2. The van der Waals surface area contributed by atoms with Crippen molar-refractivity contribution in [1.29, 1.82) is 0 Å². The number of thiazole rings is 1. The zero-order valence-electron chi connectivity index (χ0n) is 18.4. The third-order valence-electron chi connectivity index (χ3n) is 6.48. The number of piperazine rings is 1. The minimum atomic E-state index is -0.351. The van der Waals surface area contributed by atoms with Gasteiger partial charge in [-0.2, -0.15) is 0 Å². The maximum atomic E-state index is 13.3. The topological polar surface area (TPSA) is 78.2 Å². The number of likely N-dealkylation sites (tertiary alicyclic amines) is 1. The van der Waals surface area contributed by atoms with Crippen molar-refractivity contribution in [3.8, 4) is 0 Å². The molecular weight excluding hydrogens is 438 g/mol. The van der Waals surface area contributed by atoms with E-state index in [4.69, 9.17) is 0 Å². The monoisotopic (exact) mass is 465 g/mol. The molecule has 0 saturated carbocycles. The van der Waals surface area contributed by atoms with Gasteiger partial charge in [-0.15, -0.1) is 11.3 Å². The highest BCUT2D eigenvalue weighted by atomic mass is 32.1. The molecule has 9 heteroatoms. The van der Waals surface area contributed by atoms with Crippen LogP contribution in [0.1, 0.15) is 24.1 Å². The second kappa shape index (κ2) is 9.44. The quantitative estimate of drug-likeness (QED) is 0.573. The van der Waals surface area contributed by atoms with Gasteiger partial charge in [0.25, 0.3) is 5.56 Å². The Kier molecular flexibility index (Phi) is 6.24. The van der Waals surface area contributed by atoms with Crippen LogP contribution in [0.3, 0.4) is 0 Å². The van der Waals surface area contributed by atoms with Crippen molar-refractivity contribution in [1.82, 2.24) is 24.1 Å². The number of hydrogen-bond acceptors (Lipinski definition) is 6. The Morgan fingerprint density at radius 1 is 1.06 bits per heavy atom. The highest BCUT2D eigenvalue weighted by Gasteiger charge is 2.37. The van der Waals surface area contributed by atoms with E-state index in [-0.39, 0.29) is 23.4 Å². The fraction of sp³-hybridized carbons (Fsp3) is 0.417. The molecule has 1 atom stereocenters. The van der Waals surface area contributed by atoms with Crippen molar-refractivity contribution in [3.63, 3.8) is 0 Å². The van der Waals surface area contributed by atoms with Gasteiger partial charge in [0, 0.05) is 56.9 Å². The molecule has 0 aliphatic carbocycles. The molecule has 2 fully saturated rings. The van der Waals surface area contributed by atoms with E-state index < -0.39 is 0 Å². The van der Waals surface area contributed by atoms with Crippen molar-refractivity contribution in [2.24, 2.45) is 0 Å². The number of nitrogens with zero attached hydrogens (tertiary/aromatic N) is 5. The fourth-order valence-corrected chi connectivity index (χ4v) is 5.47. The number of fused-ring (bicyclic) bond motifs is 1. The van der Waals surface area contributed by atoms with Crippen molar-refractivity contribution >= 4 is 28.1 Å². The van der Waals surface area contributed by atoms with Crippen LogP contribution in [0.2, 0.25) is 0 Å². The van der Waals surface area contributed by atoms with Gasteiger partial charge < -0.3 is 9.80 Å². The van der Waals surface area contributed by atoms with Crippen molar-refractivity contribution in [2.45, 2.75) is 31.8 Å². The summed E-state index contributed by atoms with van der Waals surface area (Å²) in [4.78, 5) is 49.5. The average molecular weight is 466 g/mol.